The lowest BCUT2D eigenvalue weighted by molar-refractivity contribution is -0.274. The molecule has 0 aliphatic carbocycles. The molecule has 0 bridgehead atoms. The molecule has 0 aromatic heterocycles. The molecule has 19 heavy (non-hydrogen) atoms. The molecule has 0 fully saturated rings. The summed E-state index contributed by atoms with van der Waals surface area (Å²) in [4.78, 5) is 11.5. The number of hydrogen-bond donors (Lipinski definition) is 2. The van der Waals surface area contributed by atoms with Crippen LogP contribution in [0.25, 0.3) is 0 Å². The molecular formula is C9H10F3IN4O2. The van der Waals surface area contributed by atoms with E-state index in [1.165, 1.54) is 19.2 Å². The average molecular weight is 390 g/mol. The minimum atomic E-state index is -4.83. The second kappa shape index (κ2) is 5.79. The third-order valence-corrected chi connectivity index (χ3v) is 3.02. The third-order valence-electron chi connectivity index (χ3n) is 1.94. The van der Waals surface area contributed by atoms with Gasteiger partial charge in [-0.05, 0) is 34.7 Å². The monoisotopic (exact) mass is 390 g/mol. The van der Waals surface area contributed by atoms with Gasteiger partial charge in [0.15, 0.2) is 0 Å². The molecular weight excluding hydrogens is 380 g/mol. The number of rotatable bonds is 2. The molecule has 0 radical (unpaired) electrons. The van der Waals surface area contributed by atoms with E-state index in [9.17, 15) is 18.0 Å². The maximum Gasteiger partial charge on any atom is 0.573 e. The highest BCUT2D eigenvalue weighted by atomic mass is 127. The zero-order valence-corrected chi connectivity index (χ0v) is 11.8. The molecule has 106 valence electrons. The zero-order chi connectivity index (χ0) is 14.8. The van der Waals surface area contributed by atoms with E-state index in [2.05, 4.69) is 4.74 Å². The topological polar surface area (TPSA) is 84.8 Å². The van der Waals surface area contributed by atoms with Crippen LogP contribution >= 0.6 is 22.6 Å². The number of nitrogens with two attached hydrogens (primary N) is 2. The Morgan fingerprint density at radius 1 is 1.37 bits per heavy atom. The largest absolute Gasteiger partial charge is 0.573 e. The summed E-state index contributed by atoms with van der Waals surface area (Å²) in [5.74, 6) is 10.3. The standard InChI is InChI=1S/C9H10F3IN4O2/c1-16(14)8(18)17(15)5-3-2-4-6(7(5)13)19-9(10,11)12/h2-4H,14-15H2,1H3. The van der Waals surface area contributed by atoms with Gasteiger partial charge in [0.2, 0.25) is 0 Å². The molecule has 1 aromatic rings. The number of benzene rings is 1. The lowest BCUT2D eigenvalue weighted by Gasteiger charge is -2.22. The molecule has 1 rings (SSSR count). The number of nitrogens with zero attached hydrogens (tertiary/aromatic N) is 2. The fourth-order valence-corrected chi connectivity index (χ4v) is 1.89. The Hall–Kier alpha value is -1.27. The van der Waals surface area contributed by atoms with Crippen LogP contribution in [0.4, 0.5) is 23.7 Å². The Morgan fingerprint density at radius 3 is 2.42 bits per heavy atom. The van der Waals surface area contributed by atoms with Gasteiger partial charge in [0, 0.05) is 7.05 Å². The number of carbonyl (C=O) groups excluding carboxylic acids is 1. The normalized spacial score (nSPS) is 11.1. The van der Waals surface area contributed by atoms with E-state index in [4.69, 9.17) is 11.7 Å². The van der Waals surface area contributed by atoms with Gasteiger partial charge in [-0.15, -0.1) is 13.2 Å². The van der Waals surface area contributed by atoms with Crippen molar-refractivity contribution < 1.29 is 22.7 Å². The Morgan fingerprint density at radius 2 is 1.95 bits per heavy atom. The molecule has 0 aliphatic rings. The Bertz CT molecular complexity index is 481. The SMILES string of the molecule is CN(N)C(=O)N(N)c1cccc(OC(F)(F)F)c1I. The number of amides is 2. The number of alkyl halides is 3. The fourth-order valence-electron chi connectivity index (χ4n) is 1.16. The van der Waals surface area contributed by atoms with Crippen LogP contribution in [0.15, 0.2) is 18.2 Å². The van der Waals surface area contributed by atoms with E-state index in [1.54, 1.807) is 22.6 Å². The minimum absolute atomic E-state index is 0.0372. The van der Waals surface area contributed by atoms with Gasteiger partial charge in [0.25, 0.3) is 0 Å². The maximum absolute atomic E-state index is 12.2. The first-order chi connectivity index (χ1) is 8.63. The van der Waals surface area contributed by atoms with E-state index < -0.39 is 18.1 Å². The maximum atomic E-state index is 12.2. The first-order valence-corrected chi connectivity index (χ1v) is 5.83. The number of halogens is 4. The average Bonchev–Trinajstić information content (AvgIpc) is 2.28. The van der Waals surface area contributed by atoms with E-state index in [1.807, 2.05) is 0 Å². The third kappa shape index (κ3) is 4.11. The highest BCUT2D eigenvalue weighted by Gasteiger charge is 2.32. The van der Waals surface area contributed by atoms with E-state index in [-0.39, 0.29) is 9.26 Å². The lowest BCUT2D eigenvalue weighted by Crippen LogP contribution is -2.48. The first-order valence-electron chi connectivity index (χ1n) is 4.75. The van der Waals surface area contributed by atoms with Crippen LogP contribution in [-0.2, 0) is 0 Å². The van der Waals surface area contributed by atoms with Gasteiger partial charge in [0.1, 0.15) is 5.75 Å². The summed E-state index contributed by atoms with van der Waals surface area (Å²) < 4.78 is 40.4. The van der Waals surface area contributed by atoms with Crippen LogP contribution in [0.2, 0.25) is 0 Å². The number of carbonyl (C=O) groups is 1. The van der Waals surface area contributed by atoms with Crippen LogP contribution in [0.5, 0.6) is 5.75 Å². The molecule has 0 aliphatic heterocycles. The van der Waals surface area contributed by atoms with Gasteiger partial charge in [-0.3, -0.25) is 5.01 Å². The lowest BCUT2D eigenvalue weighted by atomic mass is 10.3. The smallest absolute Gasteiger partial charge is 0.405 e. The van der Waals surface area contributed by atoms with Gasteiger partial charge in [-0.1, -0.05) is 6.07 Å². The molecule has 0 saturated heterocycles. The summed E-state index contributed by atoms with van der Waals surface area (Å²) in [6.45, 7) is 0. The predicted molar refractivity (Wildman–Crippen MR) is 69.9 cm³/mol. The summed E-state index contributed by atoms with van der Waals surface area (Å²) in [6, 6.07) is 2.97. The summed E-state index contributed by atoms with van der Waals surface area (Å²) >= 11 is 1.59. The van der Waals surface area contributed by atoms with Crippen molar-refractivity contribution in [1.82, 2.24) is 5.01 Å². The van der Waals surface area contributed by atoms with Crippen molar-refractivity contribution in [3.63, 3.8) is 0 Å². The predicted octanol–water partition coefficient (Wildman–Crippen LogP) is 1.80. The molecule has 1 aromatic carbocycles. The molecule has 2 amide bonds. The summed E-state index contributed by atoms with van der Waals surface area (Å²) in [5.41, 5.74) is 0.0460. The quantitative estimate of drug-likeness (QED) is 0.349. The molecule has 0 unspecified atom stereocenters. The van der Waals surface area contributed by atoms with Crippen molar-refractivity contribution >= 4 is 34.3 Å². The minimum Gasteiger partial charge on any atom is -0.405 e. The first kappa shape index (κ1) is 15.8. The van der Waals surface area contributed by atoms with Crippen LogP contribution < -0.4 is 21.4 Å². The fraction of sp³-hybridized carbons (Fsp3) is 0.222. The number of hydrazine groups is 2. The molecule has 0 spiro atoms. The van der Waals surface area contributed by atoms with Crippen molar-refractivity contribution in [3.05, 3.63) is 21.8 Å². The highest BCUT2D eigenvalue weighted by Crippen LogP contribution is 2.33. The van der Waals surface area contributed by atoms with Gasteiger partial charge in [-0.2, -0.15) is 0 Å². The van der Waals surface area contributed by atoms with E-state index >= 15 is 0 Å². The van der Waals surface area contributed by atoms with E-state index in [0.717, 1.165) is 6.07 Å². The Labute approximate surface area is 120 Å². The second-order valence-electron chi connectivity index (χ2n) is 3.40. The van der Waals surface area contributed by atoms with Crippen molar-refractivity contribution in [2.75, 3.05) is 12.1 Å². The molecule has 0 heterocycles. The Kier molecular flexibility index (Phi) is 4.81. The van der Waals surface area contributed by atoms with E-state index in [0.29, 0.717) is 10.0 Å². The van der Waals surface area contributed by atoms with Gasteiger partial charge >= 0.3 is 12.4 Å². The molecule has 4 N–H and O–H groups in total. The number of ether oxygens (including phenoxy) is 1. The molecule has 0 atom stereocenters. The van der Waals surface area contributed by atoms with Crippen LogP contribution in [0, 0.1) is 3.57 Å². The van der Waals surface area contributed by atoms with Crippen molar-refractivity contribution in [3.8, 4) is 5.75 Å². The Balaban J connectivity index is 3.11. The zero-order valence-electron chi connectivity index (χ0n) is 9.61. The summed E-state index contributed by atoms with van der Waals surface area (Å²) in [7, 11) is 1.26. The number of urea groups is 1. The number of hydrogen-bond acceptors (Lipinski definition) is 4. The highest BCUT2D eigenvalue weighted by molar-refractivity contribution is 14.1. The van der Waals surface area contributed by atoms with Gasteiger partial charge in [-0.25, -0.2) is 21.5 Å². The summed E-state index contributed by atoms with van der Waals surface area (Å²) in [5, 5.41) is 1.33. The van der Waals surface area contributed by atoms with Crippen molar-refractivity contribution in [1.29, 1.82) is 0 Å². The summed E-state index contributed by atoms with van der Waals surface area (Å²) in [6.07, 6.45) is -4.83. The van der Waals surface area contributed by atoms with Crippen LogP contribution in [0.1, 0.15) is 0 Å². The second-order valence-corrected chi connectivity index (χ2v) is 4.48. The van der Waals surface area contributed by atoms with Crippen LogP contribution in [-0.4, -0.2) is 24.5 Å². The van der Waals surface area contributed by atoms with Gasteiger partial charge in [0.05, 0.1) is 9.26 Å². The van der Waals surface area contributed by atoms with Gasteiger partial charge < -0.3 is 4.74 Å². The van der Waals surface area contributed by atoms with Crippen molar-refractivity contribution in [2.24, 2.45) is 11.7 Å². The number of anilines is 1. The molecule has 10 heteroatoms. The molecule has 0 saturated carbocycles. The van der Waals surface area contributed by atoms with Crippen LogP contribution in [0.3, 0.4) is 0 Å². The van der Waals surface area contributed by atoms with Crippen molar-refractivity contribution in [2.45, 2.75) is 6.36 Å². The molecule has 6 nitrogen and oxygen atoms in total.